The summed E-state index contributed by atoms with van der Waals surface area (Å²) in [4.78, 5) is 31.0. The Hall–Kier alpha value is -2.08. The number of benzene rings is 1. The topological polar surface area (TPSA) is 55.9 Å². The third-order valence-electron chi connectivity index (χ3n) is 5.74. The predicted molar refractivity (Wildman–Crippen MR) is 101 cm³/mol. The highest BCUT2D eigenvalue weighted by atomic mass is 16.2. The Morgan fingerprint density at radius 3 is 2.50 bits per heavy atom. The summed E-state index contributed by atoms with van der Waals surface area (Å²) in [5, 5.41) is 3.04. The first kappa shape index (κ1) is 17.3. The highest BCUT2D eigenvalue weighted by Gasteiger charge is 2.41. The molecule has 1 aromatic carbocycles. The largest absolute Gasteiger partial charge is 0.369 e. The molecule has 3 fully saturated rings. The summed E-state index contributed by atoms with van der Waals surface area (Å²) in [7, 11) is 0. The maximum Gasteiger partial charge on any atom is 0.225 e. The van der Waals surface area contributed by atoms with E-state index in [-0.39, 0.29) is 17.7 Å². The normalized spacial score (nSPS) is 24.2. The van der Waals surface area contributed by atoms with E-state index in [1.165, 1.54) is 5.69 Å². The number of hydrogen-bond acceptors (Lipinski definition) is 4. The van der Waals surface area contributed by atoms with E-state index in [1.54, 1.807) is 0 Å². The van der Waals surface area contributed by atoms with Gasteiger partial charge in [0.15, 0.2) is 0 Å². The molecule has 2 saturated heterocycles. The Morgan fingerprint density at radius 1 is 1.08 bits per heavy atom. The quantitative estimate of drug-likeness (QED) is 0.824. The van der Waals surface area contributed by atoms with Crippen molar-refractivity contribution < 1.29 is 9.59 Å². The van der Waals surface area contributed by atoms with Crippen LogP contribution in [0.3, 0.4) is 0 Å². The first-order valence-corrected chi connectivity index (χ1v) is 9.80. The monoisotopic (exact) mass is 356 g/mol. The molecule has 1 aromatic rings. The number of carbonyl (C=O) groups is 2. The molecule has 26 heavy (non-hydrogen) atoms. The minimum atomic E-state index is -0.155. The zero-order valence-electron chi connectivity index (χ0n) is 15.3. The van der Waals surface area contributed by atoms with Crippen molar-refractivity contribution in [3.8, 4) is 0 Å². The average molecular weight is 356 g/mol. The Labute approximate surface area is 155 Å². The van der Waals surface area contributed by atoms with Crippen molar-refractivity contribution in [1.29, 1.82) is 0 Å². The van der Waals surface area contributed by atoms with E-state index in [0.717, 1.165) is 45.6 Å². The molecule has 0 spiro atoms. The molecule has 2 heterocycles. The Bertz CT molecular complexity index is 638. The van der Waals surface area contributed by atoms with Crippen molar-refractivity contribution in [3.63, 3.8) is 0 Å². The molecular formula is C20H28N4O2. The molecule has 0 bridgehead atoms. The highest BCUT2D eigenvalue weighted by molar-refractivity contribution is 5.89. The molecular weight excluding hydrogens is 328 g/mol. The minimum Gasteiger partial charge on any atom is -0.369 e. The number of piperazine rings is 1. The van der Waals surface area contributed by atoms with Crippen LogP contribution in [0.1, 0.15) is 19.3 Å². The maximum absolute atomic E-state index is 12.3. The first-order valence-electron chi connectivity index (χ1n) is 9.80. The molecule has 1 saturated carbocycles. The van der Waals surface area contributed by atoms with Gasteiger partial charge < -0.3 is 15.1 Å². The van der Waals surface area contributed by atoms with Gasteiger partial charge in [-0.25, -0.2) is 0 Å². The summed E-state index contributed by atoms with van der Waals surface area (Å²) in [6, 6.07) is 10.9. The lowest BCUT2D eigenvalue weighted by Crippen LogP contribution is -2.48. The molecule has 3 aliphatic rings. The van der Waals surface area contributed by atoms with E-state index in [2.05, 4.69) is 39.4 Å². The summed E-state index contributed by atoms with van der Waals surface area (Å²) >= 11 is 0. The van der Waals surface area contributed by atoms with Crippen LogP contribution in [0.2, 0.25) is 0 Å². The first-order chi connectivity index (χ1) is 12.7. The van der Waals surface area contributed by atoms with Gasteiger partial charge in [-0.3, -0.25) is 14.5 Å². The molecule has 0 radical (unpaired) electrons. The summed E-state index contributed by atoms with van der Waals surface area (Å²) in [6.45, 7) is 6.23. The van der Waals surface area contributed by atoms with Crippen molar-refractivity contribution in [2.75, 3.05) is 50.7 Å². The second-order valence-corrected chi connectivity index (χ2v) is 7.63. The molecule has 6 nitrogen and oxygen atoms in total. The van der Waals surface area contributed by atoms with Crippen molar-refractivity contribution in [1.82, 2.24) is 15.1 Å². The fraction of sp³-hybridized carbons (Fsp3) is 0.600. The van der Waals surface area contributed by atoms with E-state index in [0.29, 0.717) is 25.6 Å². The van der Waals surface area contributed by atoms with Crippen LogP contribution in [0.15, 0.2) is 30.3 Å². The van der Waals surface area contributed by atoms with Gasteiger partial charge in [-0.15, -0.1) is 0 Å². The lowest BCUT2D eigenvalue weighted by Gasteiger charge is -2.36. The molecule has 1 unspecified atom stereocenters. The van der Waals surface area contributed by atoms with E-state index in [4.69, 9.17) is 0 Å². The molecule has 140 valence electrons. The summed E-state index contributed by atoms with van der Waals surface area (Å²) in [6.07, 6.45) is 2.60. The number of carbonyl (C=O) groups excluding carboxylic acids is 2. The predicted octanol–water partition coefficient (Wildman–Crippen LogP) is 0.936. The standard InChI is InChI=1S/C20H28N4O2/c25-19-14-16(15-24(19)18-6-7-18)20(26)21-8-9-22-10-12-23(13-11-22)17-4-2-1-3-5-17/h1-5,16,18H,6-15H2,(H,21,26). The van der Waals surface area contributed by atoms with Gasteiger partial charge in [0, 0.05) is 64.0 Å². The van der Waals surface area contributed by atoms with E-state index < -0.39 is 0 Å². The number of rotatable bonds is 6. The summed E-state index contributed by atoms with van der Waals surface area (Å²) in [5.41, 5.74) is 1.28. The van der Waals surface area contributed by atoms with E-state index in [9.17, 15) is 9.59 Å². The number of likely N-dealkylation sites (tertiary alicyclic amines) is 1. The molecule has 4 rings (SSSR count). The van der Waals surface area contributed by atoms with Gasteiger partial charge in [0.25, 0.3) is 0 Å². The molecule has 0 aromatic heterocycles. The maximum atomic E-state index is 12.3. The van der Waals surface area contributed by atoms with Crippen LogP contribution in [0.25, 0.3) is 0 Å². The van der Waals surface area contributed by atoms with Gasteiger partial charge in [0.05, 0.1) is 5.92 Å². The summed E-state index contributed by atoms with van der Waals surface area (Å²) < 4.78 is 0. The summed E-state index contributed by atoms with van der Waals surface area (Å²) in [5.74, 6) is 0.0483. The fourth-order valence-electron chi connectivity index (χ4n) is 4.00. The van der Waals surface area contributed by atoms with Crippen LogP contribution in [0.5, 0.6) is 0 Å². The average Bonchev–Trinajstić information content (AvgIpc) is 3.44. The number of para-hydroxylation sites is 1. The van der Waals surface area contributed by atoms with Crippen molar-refractivity contribution in [2.24, 2.45) is 5.92 Å². The second-order valence-electron chi connectivity index (χ2n) is 7.63. The molecule has 1 aliphatic carbocycles. The van der Waals surface area contributed by atoms with Crippen molar-refractivity contribution in [3.05, 3.63) is 30.3 Å². The SMILES string of the molecule is O=C(NCCN1CCN(c2ccccc2)CC1)C1CC(=O)N(C2CC2)C1. The van der Waals surface area contributed by atoms with Crippen LogP contribution in [-0.4, -0.2) is 73.5 Å². The Morgan fingerprint density at radius 2 is 1.81 bits per heavy atom. The van der Waals surface area contributed by atoms with Crippen LogP contribution in [0.4, 0.5) is 5.69 Å². The molecule has 1 N–H and O–H groups in total. The van der Waals surface area contributed by atoms with Crippen molar-refractivity contribution >= 4 is 17.5 Å². The molecule has 2 aliphatic heterocycles. The lowest BCUT2D eigenvalue weighted by molar-refractivity contribution is -0.129. The number of nitrogens with one attached hydrogen (secondary N) is 1. The number of anilines is 1. The number of nitrogens with zero attached hydrogens (tertiary/aromatic N) is 3. The van der Waals surface area contributed by atoms with Gasteiger partial charge in [0.2, 0.25) is 11.8 Å². The van der Waals surface area contributed by atoms with Gasteiger partial charge in [-0.1, -0.05) is 18.2 Å². The molecule has 1 atom stereocenters. The van der Waals surface area contributed by atoms with Crippen LogP contribution in [-0.2, 0) is 9.59 Å². The zero-order chi connectivity index (χ0) is 17.9. The van der Waals surface area contributed by atoms with Gasteiger partial charge >= 0.3 is 0 Å². The Kier molecular flexibility index (Phi) is 5.11. The van der Waals surface area contributed by atoms with Crippen LogP contribution < -0.4 is 10.2 Å². The smallest absolute Gasteiger partial charge is 0.225 e. The third kappa shape index (κ3) is 4.01. The van der Waals surface area contributed by atoms with E-state index >= 15 is 0 Å². The van der Waals surface area contributed by atoms with Gasteiger partial charge in [-0.2, -0.15) is 0 Å². The fourth-order valence-corrected chi connectivity index (χ4v) is 4.00. The van der Waals surface area contributed by atoms with Gasteiger partial charge in [-0.05, 0) is 25.0 Å². The number of hydrogen-bond donors (Lipinski definition) is 1. The number of amides is 2. The molecule has 2 amide bonds. The minimum absolute atomic E-state index is 0.0458. The van der Waals surface area contributed by atoms with Crippen LogP contribution >= 0.6 is 0 Å². The van der Waals surface area contributed by atoms with Crippen LogP contribution in [0, 0.1) is 5.92 Å². The lowest BCUT2D eigenvalue weighted by atomic mass is 10.1. The van der Waals surface area contributed by atoms with Gasteiger partial charge in [0.1, 0.15) is 0 Å². The second kappa shape index (κ2) is 7.66. The highest BCUT2D eigenvalue weighted by Crippen LogP contribution is 2.32. The third-order valence-corrected chi connectivity index (χ3v) is 5.74. The molecule has 6 heteroatoms. The zero-order valence-corrected chi connectivity index (χ0v) is 15.3. The Balaban J connectivity index is 1.15. The van der Waals surface area contributed by atoms with Crippen molar-refractivity contribution in [2.45, 2.75) is 25.3 Å². The van der Waals surface area contributed by atoms with E-state index in [1.807, 2.05) is 11.0 Å².